The zero-order valence-electron chi connectivity index (χ0n) is 20.4. The number of nitrogens with zero attached hydrogens (tertiary/aromatic N) is 1. The zero-order chi connectivity index (χ0) is 25.5. The summed E-state index contributed by atoms with van der Waals surface area (Å²) in [6, 6.07) is 44.1. The number of oxazole rings is 1. The lowest BCUT2D eigenvalue weighted by molar-refractivity contribution is 0.620. The third kappa shape index (κ3) is 3.95. The first-order valence-corrected chi connectivity index (χ1v) is 12.6. The Morgan fingerprint density at radius 3 is 1.53 bits per heavy atom. The van der Waals surface area contributed by atoms with Gasteiger partial charge < -0.3 is 4.42 Å². The molecule has 0 bridgehead atoms. The van der Waals surface area contributed by atoms with E-state index in [4.69, 9.17) is 9.40 Å². The summed E-state index contributed by atoms with van der Waals surface area (Å²) in [5, 5.41) is 2.26. The first-order valence-electron chi connectivity index (χ1n) is 12.6. The van der Waals surface area contributed by atoms with Crippen LogP contribution in [0.15, 0.2) is 138 Å². The molecule has 1 heterocycles. The summed E-state index contributed by atoms with van der Waals surface area (Å²) in [6.07, 6.45) is 0. The highest BCUT2D eigenvalue weighted by atomic mass is 19.1. The van der Waals surface area contributed by atoms with E-state index in [0.29, 0.717) is 5.89 Å². The second-order valence-electron chi connectivity index (χ2n) is 9.35. The van der Waals surface area contributed by atoms with Gasteiger partial charge in [-0.2, -0.15) is 0 Å². The molecule has 0 saturated carbocycles. The third-order valence-electron chi connectivity index (χ3n) is 7.04. The Kier molecular flexibility index (Phi) is 5.33. The zero-order valence-corrected chi connectivity index (χ0v) is 20.4. The Bertz CT molecular complexity index is 1870. The van der Waals surface area contributed by atoms with E-state index in [1.165, 1.54) is 17.7 Å². The van der Waals surface area contributed by atoms with Crippen molar-refractivity contribution in [2.45, 2.75) is 0 Å². The maximum absolute atomic E-state index is 13.3. The van der Waals surface area contributed by atoms with Crippen molar-refractivity contribution >= 4 is 21.9 Å². The van der Waals surface area contributed by atoms with Gasteiger partial charge in [0.1, 0.15) is 11.3 Å². The van der Waals surface area contributed by atoms with E-state index >= 15 is 0 Å². The number of benzene rings is 6. The quantitative estimate of drug-likeness (QED) is 0.245. The van der Waals surface area contributed by atoms with Crippen LogP contribution in [-0.4, -0.2) is 4.98 Å². The van der Waals surface area contributed by atoms with Gasteiger partial charge in [-0.3, -0.25) is 0 Å². The molecule has 0 aliphatic carbocycles. The summed E-state index contributed by atoms with van der Waals surface area (Å²) in [6.45, 7) is 0. The lowest BCUT2D eigenvalue weighted by atomic mass is 9.93. The summed E-state index contributed by atoms with van der Waals surface area (Å²) in [7, 11) is 0. The van der Waals surface area contributed by atoms with E-state index in [1.54, 1.807) is 12.1 Å². The van der Waals surface area contributed by atoms with Gasteiger partial charge in [-0.05, 0) is 74.5 Å². The van der Waals surface area contributed by atoms with E-state index in [9.17, 15) is 4.39 Å². The predicted octanol–water partition coefficient (Wildman–Crippen LogP) is 9.79. The Morgan fingerprint density at radius 1 is 0.447 bits per heavy atom. The molecule has 0 spiro atoms. The molecule has 1 aromatic heterocycles. The lowest BCUT2D eigenvalue weighted by Gasteiger charge is -2.11. The summed E-state index contributed by atoms with van der Waals surface area (Å²) in [5.74, 6) is 0.410. The molecule has 0 amide bonds. The molecular weight excluding hydrogens is 469 g/mol. The van der Waals surface area contributed by atoms with Crippen LogP contribution in [-0.2, 0) is 0 Å². The van der Waals surface area contributed by atoms with Gasteiger partial charge in [-0.15, -0.1) is 0 Å². The van der Waals surface area contributed by atoms with Crippen molar-refractivity contribution < 1.29 is 8.81 Å². The normalized spacial score (nSPS) is 11.3. The van der Waals surface area contributed by atoms with E-state index in [0.717, 1.165) is 55.3 Å². The highest BCUT2D eigenvalue weighted by Crippen LogP contribution is 2.37. The van der Waals surface area contributed by atoms with E-state index in [1.807, 2.05) is 24.3 Å². The number of fused-ring (bicyclic) bond motifs is 2. The summed E-state index contributed by atoms with van der Waals surface area (Å²) < 4.78 is 19.3. The monoisotopic (exact) mass is 491 g/mol. The van der Waals surface area contributed by atoms with Gasteiger partial charge >= 0.3 is 0 Å². The van der Waals surface area contributed by atoms with Crippen molar-refractivity contribution in [3.63, 3.8) is 0 Å². The Morgan fingerprint density at radius 2 is 0.921 bits per heavy atom. The smallest absolute Gasteiger partial charge is 0.227 e. The highest BCUT2D eigenvalue weighted by molar-refractivity contribution is 6.04. The fraction of sp³-hybridized carbons (Fsp3) is 0. The molecule has 0 N–H and O–H groups in total. The number of para-hydroxylation sites is 2. The van der Waals surface area contributed by atoms with Crippen molar-refractivity contribution in [3.05, 3.63) is 139 Å². The van der Waals surface area contributed by atoms with Gasteiger partial charge in [-0.25, -0.2) is 9.37 Å². The Balaban J connectivity index is 1.22. The number of aromatic nitrogens is 1. The molecule has 0 unspecified atom stereocenters. The molecule has 0 aliphatic heterocycles. The van der Waals surface area contributed by atoms with Crippen LogP contribution in [0.3, 0.4) is 0 Å². The summed E-state index contributed by atoms with van der Waals surface area (Å²) in [5.41, 5.74) is 9.30. The second kappa shape index (κ2) is 9.13. The molecule has 0 fully saturated rings. The van der Waals surface area contributed by atoms with Crippen LogP contribution >= 0.6 is 0 Å². The van der Waals surface area contributed by atoms with Crippen LogP contribution in [0.5, 0.6) is 0 Å². The summed E-state index contributed by atoms with van der Waals surface area (Å²) in [4.78, 5) is 4.73. The standard InChI is InChI=1S/C35H22FNO/c36-28-19-17-26(18-20-28)24-11-9-23(10-12-24)25-13-15-27(16-14-25)29-21-22-32(31-6-2-1-5-30(29)31)35-37-33-7-3-4-8-34(33)38-35/h1-22H. The van der Waals surface area contributed by atoms with Crippen molar-refractivity contribution in [2.75, 3.05) is 0 Å². The number of hydrogen-bond acceptors (Lipinski definition) is 2. The maximum Gasteiger partial charge on any atom is 0.227 e. The molecule has 0 saturated heterocycles. The second-order valence-corrected chi connectivity index (χ2v) is 9.35. The molecule has 180 valence electrons. The first kappa shape index (κ1) is 22.2. The largest absolute Gasteiger partial charge is 0.436 e. The molecule has 7 rings (SSSR count). The van der Waals surface area contributed by atoms with Gasteiger partial charge in [0.05, 0.1) is 0 Å². The number of hydrogen-bond donors (Lipinski definition) is 0. The van der Waals surface area contributed by atoms with E-state index in [-0.39, 0.29) is 5.82 Å². The van der Waals surface area contributed by atoms with Gasteiger partial charge in [-0.1, -0.05) is 103 Å². The number of rotatable bonds is 4. The Labute approximate surface area is 219 Å². The molecular formula is C35H22FNO. The predicted molar refractivity (Wildman–Crippen MR) is 153 cm³/mol. The van der Waals surface area contributed by atoms with Crippen molar-refractivity contribution in [2.24, 2.45) is 0 Å². The van der Waals surface area contributed by atoms with Crippen LogP contribution in [0.2, 0.25) is 0 Å². The van der Waals surface area contributed by atoms with Crippen molar-refractivity contribution in [1.82, 2.24) is 4.98 Å². The number of halogens is 1. The van der Waals surface area contributed by atoms with Crippen LogP contribution < -0.4 is 0 Å². The molecule has 2 nitrogen and oxygen atoms in total. The van der Waals surface area contributed by atoms with E-state index in [2.05, 4.69) is 84.9 Å². The Hall–Kier alpha value is -5.02. The van der Waals surface area contributed by atoms with Crippen molar-refractivity contribution in [3.8, 4) is 44.8 Å². The van der Waals surface area contributed by atoms with Gasteiger partial charge in [0.2, 0.25) is 5.89 Å². The van der Waals surface area contributed by atoms with Gasteiger partial charge in [0, 0.05) is 5.56 Å². The van der Waals surface area contributed by atoms with Crippen LogP contribution in [0.25, 0.3) is 66.7 Å². The van der Waals surface area contributed by atoms with E-state index < -0.39 is 0 Å². The molecule has 38 heavy (non-hydrogen) atoms. The minimum absolute atomic E-state index is 0.223. The molecule has 0 atom stereocenters. The van der Waals surface area contributed by atoms with Gasteiger partial charge in [0.25, 0.3) is 0 Å². The topological polar surface area (TPSA) is 26.0 Å². The minimum atomic E-state index is -0.223. The lowest BCUT2D eigenvalue weighted by Crippen LogP contribution is -1.87. The van der Waals surface area contributed by atoms with Crippen LogP contribution in [0.1, 0.15) is 0 Å². The highest BCUT2D eigenvalue weighted by Gasteiger charge is 2.14. The molecule has 6 aromatic carbocycles. The molecule has 0 aliphatic rings. The minimum Gasteiger partial charge on any atom is -0.436 e. The first-order chi connectivity index (χ1) is 18.7. The molecule has 7 aromatic rings. The van der Waals surface area contributed by atoms with Crippen LogP contribution in [0.4, 0.5) is 4.39 Å². The fourth-order valence-corrected chi connectivity index (χ4v) is 5.06. The SMILES string of the molecule is Fc1ccc(-c2ccc(-c3ccc(-c4ccc(-c5nc6ccccc6o5)c5ccccc45)cc3)cc2)cc1. The van der Waals surface area contributed by atoms with Crippen molar-refractivity contribution in [1.29, 1.82) is 0 Å². The molecule has 0 radical (unpaired) electrons. The average Bonchev–Trinajstić information content (AvgIpc) is 3.41. The average molecular weight is 492 g/mol. The van der Waals surface area contributed by atoms with Gasteiger partial charge in [0.15, 0.2) is 5.58 Å². The maximum atomic E-state index is 13.3. The third-order valence-corrected chi connectivity index (χ3v) is 7.04. The van der Waals surface area contributed by atoms with Crippen LogP contribution in [0, 0.1) is 5.82 Å². The fourth-order valence-electron chi connectivity index (χ4n) is 5.06. The summed E-state index contributed by atoms with van der Waals surface area (Å²) >= 11 is 0. The molecule has 3 heteroatoms.